The van der Waals surface area contributed by atoms with E-state index >= 15 is 0 Å². The molecule has 6 nitrogen and oxygen atoms in total. The lowest BCUT2D eigenvalue weighted by Crippen LogP contribution is -2.20. The van der Waals surface area contributed by atoms with Gasteiger partial charge in [-0.3, -0.25) is 4.79 Å². The zero-order chi connectivity index (χ0) is 14.7. The third kappa shape index (κ3) is 3.36. The van der Waals surface area contributed by atoms with Crippen LogP contribution >= 0.6 is 15.9 Å². The van der Waals surface area contributed by atoms with Crippen molar-refractivity contribution in [3.63, 3.8) is 0 Å². The number of nitrogens with one attached hydrogen (secondary N) is 1. The van der Waals surface area contributed by atoms with Crippen molar-refractivity contribution < 1.29 is 13.6 Å². The molecule has 0 saturated heterocycles. The zero-order valence-electron chi connectivity index (χ0n) is 10.1. The second kappa shape index (κ2) is 6.06. The number of benzene rings is 1. The number of carbonyl (C=O) groups is 1. The van der Waals surface area contributed by atoms with E-state index < -0.39 is 17.5 Å². The lowest BCUT2D eigenvalue weighted by molar-refractivity contribution is -0.116. The number of aromatic nitrogens is 3. The first-order chi connectivity index (χ1) is 9.49. The van der Waals surface area contributed by atoms with Gasteiger partial charge in [0.15, 0.2) is 0 Å². The summed E-state index contributed by atoms with van der Waals surface area (Å²) in [5, 5.41) is 9.64. The van der Waals surface area contributed by atoms with Crippen LogP contribution in [-0.4, -0.2) is 20.9 Å². The molecule has 0 aliphatic carbocycles. The smallest absolute Gasteiger partial charge is 0.246 e. The summed E-state index contributed by atoms with van der Waals surface area (Å²) in [5.41, 5.74) is 5.64. The summed E-state index contributed by atoms with van der Waals surface area (Å²) in [4.78, 5) is 11.7. The van der Waals surface area contributed by atoms with Crippen LogP contribution in [0.1, 0.15) is 5.69 Å². The van der Waals surface area contributed by atoms with E-state index in [-0.39, 0.29) is 23.2 Å². The molecule has 0 atom stereocenters. The molecule has 0 aliphatic heterocycles. The van der Waals surface area contributed by atoms with Gasteiger partial charge in [0.2, 0.25) is 5.91 Å². The molecule has 0 saturated carbocycles. The number of nitrogens with zero attached hydrogens (tertiary/aromatic N) is 3. The van der Waals surface area contributed by atoms with Gasteiger partial charge in [-0.2, -0.15) is 0 Å². The molecule has 0 aliphatic rings. The summed E-state index contributed by atoms with van der Waals surface area (Å²) in [6.07, 6.45) is 1.50. The van der Waals surface area contributed by atoms with Crippen molar-refractivity contribution in [2.75, 3.05) is 5.32 Å². The first-order valence-corrected chi connectivity index (χ1v) is 6.32. The third-order valence-electron chi connectivity index (χ3n) is 2.38. The Hall–Kier alpha value is -1.87. The van der Waals surface area contributed by atoms with Crippen molar-refractivity contribution in [2.45, 2.75) is 13.1 Å². The molecule has 1 aromatic heterocycles. The lowest BCUT2D eigenvalue weighted by Gasteiger charge is -2.07. The standard InChI is InChI=1S/C11H10BrF2N5O/c12-7-1-9(14)10(2-8(7)13)16-11(20)5-19-4-6(3-15)17-18-19/h1-2,4H,3,5,15H2,(H,16,20). The Morgan fingerprint density at radius 2 is 2.15 bits per heavy atom. The van der Waals surface area contributed by atoms with Crippen molar-refractivity contribution in [1.29, 1.82) is 0 Å². The van der Waals surface area contributed by atoms with Gasteiger partial charge in [0, 0.05) is 12.6 Å². The molecule has 0 bridgehead atoms. The Labute approximate surface area is 121 Å². The Kier molecular flexibility index (Phi) is 4.40. The van der Waals surface area contributed by atoms with Gasteiger partial charge in [-0.1, -0.05) is 5.21 Å². The Morgan fingerprint density at radius 1 is 1.40 bits per heavy atom. The zero-order valence-corrected chi connectivity index (χ0v) is 11.7. The van der Waals surface area contributed by atoms with Gasteiger partial charge in [0.25, 0.3) is 0 Å². The van der Waals surface area contributed by atoms with E-state index in [1.807, 2.05) is 0 Å². The maximum Gasteiger partial charge on any atom is 0.246 e. The normalized spacial score (nSPS) is 10.6. The number of rotatable bonds is 4. The van der Waals surface area contributed by atoms with Gasteiger partial charge >= 0.3 is 0 Å². The van der Waals surface area contributed by atoms with Crippen LogP contribution in [0.2, 0.25) is 0 Å². The highest BCUT2D eigenvalue weighted by Crippen LogP contribution is 2.23. The Bertz CT molecular complexity index is 646. The van der Waals surface area contributed by atoms with Crippen LogP contribution in [0.4, 0.5) is 14.5 Å². The molecule has 106 valence electrons. The van der Waals surface area contributed by atoms with E-state index in [1.54, 1.807) is 0 Å². The second-order valence-electron chi connectivity index (χ2n) is 3.91. The first-order valence-electron chi connectivity index (χ1n) is 5.53. The Morgan fingerprint density at radius 3 is 2.80 bits per heavy atom. The van der Waals surface area contributed by atoms with Gasteiger partial charge in [0.1, 0.15) is 18.2 Å². The fourth-order valence-corrected chi connectivity index (χ4v) is 1.78. The molecule has 0 radical (unpaired) electrons. The molecule has 3 N–H and O–H groups in total. The van der Waals surface area contributed by atoms with Crippen LogP contribution in [0.15, 0.2) is 22.8 Å². The molecule has 1 heterocycles. The second-order valence-corrected chi connectivity index (χ2v) is 4.76. The van der Waals surface area contributed by atoms with E-state index in [0.29, 0.717) is 5.69 Å². The highest BCUT2D eigenvalue weighted by atomic mass is 79.9. The molecule has 0 spiro atoms. The number of anilines is 1. The number of hydrogen-bond acceptors (Lipinski definition) is 4. The van der Waals surface area contributed by atoms with Crippen molar-refractivity contribution in [3.05, 3.63) is 40.1 Å². The fourth-order valence-electron chi connectivity index (χ4n) is 1.46. The van der Waals surface area contributed by atoms with Gasteiger partial charge in [-0.15, -0.1) is 5.10 Å². The largest absolute Gasteiger partial charge is 0.325 e. The van der Waals surface area contributed by atoms with Crippen LogP contribution in [0, 0.1) is 11.6 Å². The van der Waals surface area contributed by atoms with Gasteiger partial charge in [-0.05, 0) is 22.0 Å². The number of halogens is 3. The van der Waals surface area contributed by atoms with E-state index in [2.05, 4.69) is 31.6 Å². The van der Waals surface area contributed by atoms with Crippen molar-refractivity contribution in [2.24, 2.45) is 5.73 Å². The molecule has 1 aromatic carbocycles. The summed E-state index contributed by atoms with van der Waals surface area (Å²) in [7, 11) is 0. The van der Waals surface area contributed by atoms with Crippen LogP contribution in [0.3, 0.4) is 0 Å². The molecular weight excluding hydrogens is 336 g/mol. The van der Waals surface area contributed by atoms with E-state index in [0.717, 1.165) is 12.1 Å². The average molecular weight is 346 g/mol. The SMILES string of the molecule is NCc1cn(CC(=O)Nc2cc(F)c(Br)cc2F)nn1. The highest BCUT2D eigenvalue weighted by Gasteiger charge is 2.12. The minimum Gasteiger partial charge on any atom is -0.325 e. The van der Waals surface area contributed by atoms with E-state index in [4.69, 9.17) is 5.73 Å². The number of nitrogens with two attached hydrogens (primary N) is 1. The van der Waals surface area contributed by atoms with Gasteiger partial charge in [0.05, 0.1) is 22.1 Å². The minimum absolute atomic E-state index is 0.0168. The molecule has 2 rings (SSSR count). The molecule has 2 aromatic rings. The molecular formula is C11H10BrF2N5O. The summed E-state index contributed by atoms with van der Waals surface area (Å²) < 4.78 is 28.0. The first kappa shape index (κ1) is 14.5. The Balaban J connectivity index is 2.06. The van der Waals surface area contributed by atoms with Crippen LogP contribution in [-0.2, 0) is 17.9 Å². The predicted octanol–water partition coefficient (Wildman–Crippen LogP) is 1.42. The number of carbonyl (C=O) groups excluding carboxylic acids is 1. The predicted molar refractivity (Wildman–Crippen MR) is 70.6 cm³/mol. The fraction of sp³-hybridized carbons (Fsp3) is 0.182. The molecule has 0 unspecified atom stereocenters. The van der Waals surface area contributed by atoms with Crippen LogP contribution in [0.25, 0.3) is 0 Å². The quantitative estimate of drug-likeness (QED) is 0.820. The maximum absolute atomic E-state index is 13.5. The highest BCUT2D eigenvalue weighted by molar-refractivity contribution is 9.10. The number of amides is 1. The number of hydrogen-bond donors (Lipinski definition) is 2. The minimum atomic E-state index is -0.743. The van der Waals surface area contributed by atoms with Gasteiger partial charge < -0.3 is 11.1 Å². The topological polar surface area (TPSA) is 85.8 Å². The van der Waals surface area contributed by atoms with E-state index in [9.17, 15) is 13.6 Å². The molecule has 0 fully saturated rings. The monoisotopic (exact) mass is 345 g/mol. The summed E-state index contributed by atoms with van der Waals surface area (Å²) in [5.74, 6) is -1.97. The van der Waals surface area contributed by atoms with Crippen molar-refractivity contribution in [3.8, 4) is 0 Å². The van der Waals surface area contributed by atoms with Crippen molar-refractivity contribution in [1.82, 2.24) is 15.0 Å². The van der Waals surface area contributed by atoms with Crippen LogP contribution < -0.4 is 11.1 Å². The summed E-state index contributed by atoms with van der Waals surface area (Å²) in [6, 6.07) is 1.83. The molecule has 20 heavy (non-hydrogen) atoms. The van der Waals surface area contributed by atoms with Crippen LogP contribution in [0.5, 0.6) is 0 Å². The molecule has 9 heteroatoms. The van der Waals surface area contributed by atoms with Crippen molar-refractivity contribution >= 4 is 27.5 Å². The lowest BCUT2D eigenvalue weighted by atomic mass is 10.3. The third-order valence-corrected chi connectivity index (χ3v) is 2.99. The maximum atomic E-state index is 13.5. The summed E-state index contributed by atoms with van der Waals surface area (Å²) in [6.45, 7) is 0.0261. The summed E-state index contributed by atoms with van der Waals surface area (Å²) >= 11 is 2.85. The van der Waals surface area contributed by atoms with E-state index in [1.165, 1.54) is 10.9 Å². The molecule has 1 amide bonds. The van der Waals surface area contributed by atoms with Gasteiger partial charge in [-0.25, -0.2) is 13.5 Å². The average Bonchev–Trinajstić information content (AvgIpc) is 2.83.